The molecule has 1 N–H and O–H groups in total. The Morgan fingerprint density at radius 3 is 2.81 bits per heavy atom. The standard InChI is InChI=1S/C15H19N3O2S/c1-18(21(19,20)12-7-3-2-4-8-12)11-15-16-13-9-5-6-10-14(13)17-15/h5-7,9-10H,2-4,8,11H2,1H3,(H,16,17). The number of nitrogens with one attached hydrogen (secondary N) is 1. The Morgan fingerprint density at radius 1 is 1.29 bits per heavy atom. The number of fused-ring (bicyclic) bond motifs is 1. The van der Waals surface area contributed by atoms with Gasteiger partial charge >= 0.3 is 0 Å². The number of benzene rings is 1. The van der Waals surface area contributed by atoms with Crippen LogP contribution in [0.3, 0.4) is 0 Å². The molecular formula is C15H19N3O2S. The summed E-state index contributed by atoms with van der Waals surface area (Å²) in [6.07, 6.45) is 5.38. The minimum atomic E-state index is -3.36. The Hall–Kier alpha value is -1.66. The zero-order valence-corrected chi connectivity index (χ0v) is 12.9. The van der Waals surface area contributed by atoms with Crippen molar-refractivity contribution in [3.8, 4) is 0 Å². The Bertz CT molecular complexity index is 744. The largest absolute Gasteiger partial charge is 0.341 e. The second kappa shape index (κ2) is 5.61. The predicted octanol–water partition coefficient (Wildman–Crippen LogP) is 2.78. The normalized spacial score (nSPS) is 16.4. The van der Waals surface area contributed by atoms with Gasteiger partial charge in [-0.1, -0.05) is 18.2 Å². The van der Waals surface area contributed by atoms with E-state index >= 15 is 0 Å². The highest BCUT2D eigenvalue weighted by Crippen LogP contribution is 2.25. The number of nitrogens with zero attached hydrogens (tertiary/aromatic N) is 2. The summed E-state index contributed by atoms with van der Waals surface area (Å²) in [7, 11) is -1.75. The van der Waals surface area contributed by atoms with Crippen LogP contribution in [0.1, 0.15) is 31.5 Å². The van der Waals surface area contributed by atoms with Crippen molar-refractivity contribution < 1.29 is 8.42 Å². The number of H-pyrrole nitrogens is 1. The Morgan fingerprint density at radius 2 is 2.10 bits per heavy atom. The first-order chi connectivity index (χ1) is 10.1. The molecule has 112 valence electrons. The van der Waals surface area contributed by atoms with Gasteiger partial charge in [0.25, 0.3) is 0 Å². The summed E-state index contributed by atoms with van der Waals surface area (Å²) in [5.74, 6) is 0.665. The molecule has 0 saturated carbocycles. The SMILES string of the molecule is CN(Cc1nc2ccccc2[nH]1)S(=O)(=O)C1=CCCCC1. The topological polar surface area (TPSA) is 66.1 Å². The van der Waals surface area contributed by atoms with Crippen molar-refractivity contribution in [2.45, 2.75) is 32.2 Å². The zero-order valence-electron chi connectivity index (χ0n) is 12.0. The summed E-state index contributed by atoms with van der Waals surface area (Å²) in [5, 5.41) is 0. The summed E-state index contributed by atoms with van der Waals surface area (Å²) in [6.45, 7) is 0.258. The second-order valence-corrected chi connectivity index (χ2v) is 7.48. The predicted molar refractivity (Wildman–Crippen MR) is 83.0 cm³/mol. The quantitative estimate of drug-likeness (QED) is 0.944. The van der Waals surface area contributed by atoms with Gasteiger partial charge in [0, 0.05) is 7.05 Å². The fraction of sp³-hybridized carbons (Fsp3) is 0.400. The summed E-state index contributed by atoms with van der Waals surface area (Å²) in [5.41, 5.74) is 1.78. The van der Waals surface area contributed by atoms with E-state index in [-0.39, 0.29) is 6.54 Å². The molecule has 3 rings (SSSR count). The number of hydrogen-bond acceptors (Lipinski definition) is 3. The summed E-state index contributed by atoms with van der Waals surface area (Å²) >= 11 is 0. The lowest BCUT2D eigenvalue weighted by atomic mass is 10.1. The van der Waals surface area contributed by atoms with E-state index in [4.69, 9.17) is 0 Å². The first-order valence-electron chi connectivity index (χ1n) is 7.16. The number of hydrogen-bond donors (Lipinski definition) is 1. The van der Waals surface area contributed by atoms with E-state index in [0.29, 0.717) is 17.2 Å². The van der Waals surface area contributed by atoms with Crippen LogP contribution in [0, 0.1) is 0 Å². The van der Waals surface area contributed by atoms with Crippen LogP contribution in [-0.4, -0.2) is 29.7 Å². The molecule has 1 aromatic carbocycles. The smallest absolute Gasteiger partial charge is 0.239 e. The van der Waals surface area contributed by atoms with Crippen LogP contribution in [0.15, 0.2) is 35.2 Å². The molecule has 1 aliphatic rings. The van der Waals surface area contributed by atoms with E-state index in [9.17, 15) is 8.42 Å². The first-order valence-corrected chi connectivity index (χ1v) is 8.60. The minimum absolute atomic E-state index is 0.258. The van der Waals surface area contributed by atoms with E-state index in [0.717, 1.165) is 30.3 Å². The van der Waals surface area contributed by atoms with Crippen LogP contribution in [0.2, 0.25) is 0 Å². The van der Waals surface area contributed by atoms with Gasteiger partial charge in [0.1, 0.15) is 5.82 Å². The minimum Gasteiger partial charge on any atom is -0.341 e. The van der Waals surface area contributed by atoms with Gasteiger partial charge in [-0.05, 0) is 37.8 Å². The molecule has 6 heteroatoms. The van der Waals surface area contributed by atoms with Crippen molar-refractivity contribution in [1.29, 1.82) is 0 Å². The third-order valence-electron chi connectivity index (χ3n) is 3.80. The molecule has 0 fully saturated rings. The van der Waals surface area contributed by atoms with Gasteiger partial charge in [0.2, 0.25) is 10.0 Å². The summed E-state index contributed by atoms with van der Waals surface area (Å²) < 4.78 is 26.4. The van der Waals surface area contributed by atoms with Crippen molar-refractivity contribution in [2.75, 3.05) is 7.05 Å². The lowest BCUT2D eigenvalue weighted by Crippen LogP contribution is -2.28. The van der Waals surface area contributed by atoms with Crippen molar-refractivity contribution in [3.05, 3.63) is 41.1 Å². The maximum atomic E-state index is 12.5. The Labute approximate surface area is 124 Å². The maximum Gasteiger partial charge on any atom is 0.239 e. The molecule has 0 bridgehead atoms. The molecule has 1 aromatic heterocycles. The molecule has 0 unspecified atom stereocenters. The molecule has 0 saturated heterocycles. The third-order valence-corrected chi connectivity index (χ3v) is 5.78. The highest BCUT2D eigenvalue weighted by molar-refractivity contribution is 7.92. The van der Waals surface area contributed by atoms with Crippen molar-refractivity contribution >= 4 is 21.1 Å². The van der Waals surface area contributed by atoms with Crippen LogP contribution < -0.4 is 0 Å². The van der Waals surface area contributed by atoms with Gasteiger partial charge < -0.3 is 4.98 Å². The number of para-hydroxylation sites is 2. The molecule has 2 aromatic rings. The zero-order chi connectivity index (χ0) is 14.9. The number of aromatic amines is 1. The molecule has 0 amide bonds. The lowest BCUT2D eigenvalue weighted by molar-refractivity contribution is 0.461. The van der Waals surface area contributed by atoms with E-state index in [1.807, 2.05) is 30.3 Å². The van der Waals surface area contributed by atoms with Gasteiger partial charge in [-0.2, -0.15) is 4.31 Å². The van der Waals surface area contributed by atoms with Gasteiger partial charge in [-0.3, -0.25) is 0 Å². The van der Waals surface area contributed by atoms with Gasteiger partial charge in [0.15, 0.2) is 0 Å². The van der Waals surface area contributed by atoms with E-state index in [1.54, 1.807) is 7.05 Å². The van der Waals surface area contributed by atoms with Gasteiger partial charge in [0.05, 0.1) is 22.5 Å². The van der Waals surface area contributed by atoms with Crippen LogP contribution in [0.25, 0.3) is 11.0 Å². The fourth-order valence-corrected chi connectivity index (χ4v) is 4.04. The van der Waals surface area contributed by atoms with Crippen LogP contribution in [0.5, 0.6) is 0 Å². The van der Waals surface area contributed by atoms with E-state index in [1.165, 1.54) is 4.31 Å². The number of imidazole rings is 1. The van der Waals surface area contributed by atoms with Gasteiger partial charge in [-0.15, -0.1) is 0 Å². The van der Waals surface area contributed by atoms with E-state index in [2.05, 4.69) is 9.97 Å². The highest BCUT2D eigenvalue weighted by atomic mass is 32.2. The average molecular weight is 305 g/mol. The summed E-state index contributed by atoms with van der Waals surface area (Å²) in [6, 6.07) is 7.69. The molecule has 0 aliphatic heterocycles. The van der Waals surface area contributed by atoms with E-state index < -0.39 is 10.0 Å². The highest BCUT2D eigenvalue weighted by Gasteiger charge is 2.25. The average Bonchev–Trinajstić information content (AvgIpc) is 2.90. The lowest BCUT2D eigenvalue weighted by Gasteiger charge is -2.20. The monoisotopic (exact) mass is 305 g/mol. The molecule has 0 atom stereocenters. The van der Waals surface area contributed by atoms with Crippen molar-refractivity contribution in [3.63, 3.8) is 0 Å². The fourth-order valence-electron chi connectivity index (χ4n) is 2.62. The molecule has 1 aliphatic carbocycles. The van der Waals surface area contributed by atoms with Crippen molar-refractivity contribution in [2.24, 2.45) is 0 Å². The van der Waals surface area contributed by atoms with Crippen LogP contribution >= 0.6 is 0 Å². The molecule has 0 spiro atoms. The Balaban J connectivity index is 1.81. The first kappa shape index (κ1) is 14.3. The number of rotatable bonds is 4. The third kappa shape index (κ3) is 2.87. The maximum absolute atomic E-state index is 12.5. The van der Waals surface area contributed by atoms with Crippen LogP contribution in [-0.2, 0) is 16.6 Å². The van der Waals surface area contributed by atoms with Gasteiger partial charge in [-0.25, -0.2) is 13.4 Å². The summed E-state index contributed by atoms with van der Waals surface area (Å²) in [4.78, 5) is 8.14. The number of aromatic nitrogens is 2. The number of sulfonamides is 1. The van der Waals surface area contributed by atoms with Crippen molar-refractivity contribution in [1.82, 2.24) is 14.3 Å². The molecule has 21 heavy (non-hydrogen) atoms. The second-order valence-electron chi connectivity index (χ2n) is 5.38. The molecule has 5 nitrogen and oxygen atoms in total. The van der Waals surface area contributed by atoms with Crippen LogP contribution in [0.4, 0.5) is 0 Å². The Kier molecular flexibility index (Phi) is 3.82. The number of allylic oxidation sites excluding steroid dienone is 2. The molecular weight excluding hydrogens is 286 g/mol. The molecule has 1 heterocycles. The molecule has 0 radical (unpaired) electrons.